The Morgan fingerprint density at radius 1 is 1.12 bits per heavy atom. The van der Waals surface area contributed by atoms with Crippen molar-refractivity contribution in [2.75, 3.05) is 0 Å². The summed E-state index contributed by atoms with van der Waals surface area (Å²) in [5.41, 5.74) is 0. The van der Waals surface area contributed by atoms with Crippen LogP contribution in [-0.2, 0) is 27.5 Å². The Kier molecular flexibility index (Phi) is 25.3. The van der Waals surface area contributed by atoms with E-state index in [1.165, 1.54) is 0 Å². The standard InChI is InChI=1S/Fe.K.H2O4S.H2O/c;;1-5(2,3)4;/h;;(H2,1,2,3,4);1H2/q;+1;;/p-1. The van der Waals surface area contributed by atoms with Crippen LogP contribution in [0.25, 0.3) is 0 Å². The van der Waals surface area contributed by atoms with Gasteiger partial charge in [0.1, 0.15) is 0 Å². The van der Waals surface area contributed by atoms with Crippen molar-refractivity contribution in [3.63, 3.8) is 0 Å². The molecule has 0 aromatic heterocycles. The van der Waals surface area contributed by atoms with Crippen molar-refractivity contribution in [3.8, 4) is 0 Å². The monoisotopic (exact) mass is 210 g/mol. The fourth-order valence-electron chi connectivity index (χ4n) is 0. The minimum Gasteiger partial charge on any atom is -0.870 e. The number of hydrogen-bond acceptors (Lipinski definition) is 3. The first-order valence-corrected chi connectivity index (χ1v) is 2.10. The molecule has 8 heavy (non-hydrogen) atoms. The van der Waals surface area contributed by atoms with Crippen molar-refractivity contribution in [2.45, 2.75) is 0 Å². The van der Waals surface area contributed by atoms with Gasteiger partial charge in [0.2, 0.25) is 0 Å². The number of hydrogen-bond donors (Lipinski definition) is 2. The molecule has 0 heterocycles. The molecule has 0 aromatic carbocycles. The molecule has 0 bridgehead atoms. The summed E-state index contributed by atoms with van der Waals surface area (Å²) in [5, 5.41) is 0. The zero-order chi connectivity index (χ0) is 4.50. The maximum absolute atomic E-state index is 8.74. The van der Waals surface area contributed by atoms with Gasteiger partial charge in [-0.3, -0.25) is 9.11 Å². The van der Waals surface area contributed by atoms with Crippen LogP contribution in [0.2, 0.25) is 0 Å². The predicted octanol–water partition coefficient (Wildman–Crippen LogP) is -3.83. The first-order valence-electron chi connectivity index (χ1n) is 0.698. The van der Waals surface area contributed by atoms with E-state index in [9.17, 15) is 0 Å². The van der Waals surface area contributed by atoms with E-state index in [2.05, 4.69) is 0 Å². The molecule has 0 fully saturated rings. The van der Waals surface area contributed by atoms with E-state index in [4.69, 9.17) is 17.5 Å². The molecule has 0 aromatic rings. The molecule has 0 spiro atoms. The third-order valence-corrected chi connectivity index (χ3v) is 0. The fraction of sp³-hybridized carbons (Fsp3) is 0. The summed E-state index contributed by atoms with van der Waals surface area (Å²) < 4.78 is 31.6. The van der Waals surface area contributed by atoms with Gasteiger partial charge in [0.05, 0.1) is 0 Å². The van der Waals surface area contributed by atoms with Gasteiger partial charge in [0.25, 0.3) is 0 Å². The molecule has 0 aliphatic rings. The average molecular weight is 210 g/mol. The predicted molar refractivity (Wildman–Crippen MR) is 16.1 cm³/mol. The SMILES string of the molecule is O=S(=O)(O)O.[Fe].[K+].[OH-]. The van der Waals surface area contributed by atoms with E-state index in [1.807, 2.05) is 0 Å². The molecule has 0 radical (unpaired) electrons. The fourth-order valence-corrected chi connectivity index (χ4v) is 0. The van der Waals surface area contributed by atoms with Crippen molar-refractivity contribution in [2.24, 2.45) is 0 Å². The van der Waals surface area contributed by atoms with Gasteiger partial charge in [0.15, 0.2) is 0 Å². The number of rotatable bonds is 0. The van der Waals surface area contributed by atoms with Crippen LogP contribution in [0.3, 0.4) is 0 Å². The molecule has 0 rings (SSSR count). The van der Waals surface area contributed by atoms with Crippen LogP contribution in [0, 0.1) is 0 Å². The van der Waals surface area contributed by atoms with Crippen LogP contribution >= 0.6 is 0 Å². The van der Waals surface area contributed by atoms with Gasteiger partial charge in [-0.25, -0.2) is 0 Å². The molecule has 0 aliphatic carbocycles. The smallest absolute Gasteiger partial charge is 0.870 e. The Hall–Kier alpha value is 1.99. The summed E-state index contributed by atoms with van der Waals surface area (Å²) in [7, 11) is -4.67. The largest absolute Gasteiger partial charge is 1.00 e. The Morgan fingerprint density at radius 3 is 1.12 bits per heavy atom. The van der Waals surface area contributed by atoms with E-state index >= 15 is 0 Å². The molecule has 0 amide bonds. The van der Waals surface area contributed by atoms with Gasteiger partial charge in [-0.05, 0) is 0 Å². The molecule has 48 valence electrons. The van der Waals surface area contributed by atoms with Crippen molar-refractivity contribution in [1.29, 1.82) is 0 Å². The molecule has 0 aliphatic heterocycles. The van der Waals surface area contributed by atoms with Gasteiger partial charge < -0.3 is 5.48 Å². The minimum absolute atomic E-state index is 0. The second-order valence-corrected chi connectivity index (χ2v) is 1.34. The Balaban J connectivity index is -0.0000000267. The topological polar surface area (TPSA) is 105 Å². The summed E-state index contributed by atoms with van der Waals surface area (Å²) in [6.45, 7) is 0. The van der Waals surface area contributed by atoms with Gasteiger partial charge >= 0.3 is 61.8 Å². The maximum atomic E-state index is 8.74. The Labute approximate surface area is 100 Å². The van der Waals surface area contributed by atoms with Crippen molar-refractivity contribution < 1.29 is 91.5 Å². The van der Waals surface area contributed by atoms with Gasteiger partial charge in [0, 0.05) is 17.1 Å². The molecule has 0 saturated carbocycles. The second kappa shape index (κ2) is 8.99. The summed E-state index contributed by atoms with van der Waals surface area (Å²) in [6.07, 6.45) is 0. The van der Waals surface area contributed by atoms with Crippen LogP contribution < -0.4 is 51.4 Å². The minimum atomic E-state index is -4.67. The molecule has 0 saturated heterocycles. The zero-order valence-electron chi connectivity index (χ0n) is 3.92. The van der Waals surface area contributed by atoms with E-state index in [0.717, 1.165) is 0 Å². The van der Waals surface area contributed by atoms with Crippen molar-refractivity contribution in [3.05, 3.63) is 0 Å². The van der Waals surface area contributed by atoms with Crippen molar-refractivity contribution >= 4 is 10.4 Å². The molecular weight excluding hydrogens is 207 g/mol. The third kappa shape index (κ3) is 98.8. The van der Waals surface area contributed by atoms with Crippen LogP contribution in [-0.4, -0.2) is 23.0 Å². The van der Waals surface area contributed by atoms with Crippen LogP contribution in [0.5, 0.6) is 0 Å². The van der Waals surface area contributed by atoms with E-state index in [0.29, 0.717) is 0 Å². The van der Waals surface area contributed by atoms with Gasteiger partial charge in [-0.15, -0.1) is 0 Å². The summed E-state index contributed by atoms with van der Waals surface area (Å²) >= 11 is 0. The van der Waals surface area contributed by atoms with Crippen LogP contribution in [0.15, 0.2) is 0 Å². The maximum Gasteiger partial charge on any atom is 1.00 e. The summed E-state index contributed by atoms with van der Waals surface area (Å²) in [5.74, 6) is 0. The van der Waals surface area contributed by atoms with E-state index in [-0.39, 0.29) is 73.9 Å². The summed E-state index contributed by atoms with van der Waals surface area (Å²) in [6, 6.07) is 0. The Morgan fingerprint density at radius 2 is 1.12 bits per heavy atom. The molecule has 0 atom stereocenters. The molecule has 3 N–H and O–H groups in total. The molecule has 0 unspecified atom stereocenters. The third-order valence-electron chi connectivity index (χ3n) is 0. The van der Waals surface area contributed by atoms with Crippen LogP contribution in [0.1, 0.15) is 0 Å². The van der Waals surface area contributed by atoms with Gasteiger partial charge in [-0.2, -0.15) is 8.42 Å². The first kappa shape index (κ1) is 22.5. The quantitative estimate of drug-likeness (QED) is 0.315. The normalized spacial score (nSPS) is 7.25. The van der Waals surface area contributed by atoms with Gasteiger partial charge in [-0.1, -0.05) is 0 Å². The Bertz CT molecular complexity index is 95.6. The molecule has 8 heteroatoms. The van der Waals surface area contributed by atoms with E-state index < -0.39 is 10.4 Å². The van der Waals surface area contributed by atoms with E-state index in [1.54, 1.807) is 0 Å². The zero-order valence-corrected chi connectivity index (χ0v) is 8.96. The second-order valence-electron chi connectivity index (χ2n) is 0.448. The van der Waals surface area contributed by atoms with Crippen LogP contribution in [0.4, 0.5) is 0 Å². The first-order chi connectivity index (χ1) is 2.00. The molecule has 5 nitrogen and oxygen atoms in total. The average Bonchev–Trinajstić information content (AvgIpc) is 0.722. The van der Waals surface area contributed by atoms with Crippen molar-refractivity contribution in [1.82, 2.24) is 0 Å². The molecular formula is H3FeKO5S. The summed E-state index contributed by atoms with van der Waals surface area (Å²) in [4.78, 5) is 0.